The molecular weight excluding hydrogens is 131 g/mol. The van der Waals surface area contributed by atoms with Gasteiger partial charge in [0, 0.05) is 0 Å². The molecule has 0 spiro atoms. The summed E-state index contributed by atoms with van der Waals surface area (Å²) in [7, 11) is 1.67. The molecule has 0 radical (unpaired) electrons. The van der Waals surface area contributed by atoms with Gasteiger partial charge in [-0.2, -0.15) is 0 Å². The van der Waals surface area contributed by atoms with Crippen molar-refractivity contribution in [1.29, 1.82) is 0 Å². The third-order valence-electron chi connectivity index (χ3n) is 0.561. The van der Waals surface area contributed by atoms with Crippen LogP contribution in [-0.4, -0.2) is 28.9 Å². The molecule has 0 saturated carbocycles. The lowest BCUT2D eigenvalue weighted by Gasteiger charge is -2.01. The molecule has 0 rings (SSSR count). The van der Waals surface area contributed by atoms with Gasteiger partial charge in [0.1, 0.15) is 0 Å². The first-order chi connectivity index (χ1) is 3.72. The summed E-state index contributed by atoms with van der Waals surface area (Å²) in [5.41, 5.74) is 0. The van der Waals surface area contributed by atoms with Gasteiger partial charge >= 0.3 is 5.97 Å². The van der Waals surface area contributed by atoms with Gasteiger partial charge in [0.25, 0.3) is 0 Å². The van der Waals surface area contributed by atoms with E-state index in [-0.39, 0.29) is 0 Å². The van der Waals surface area contributed by atoms with E-state index in [1.54, 1.807) is 9.47 Å². The summed E-state index contributed by atoms with van der Waals surface area (Å²) >= 11 is 0. The third-order valence-corrected chi connectivity index (χ3v) is 0.793. The van der Waals surface area contributed by atoms with Crippen LogP contribution in [0, 0.1) is 0 Å². The van der Waals surface area contributed by atoms with Crippen LogP contribution in [0.1, 0.15) is 0 Å². The van der Waals surface area contributed by atoms with Crippen molar-refractivity contribution in [2.24, 2.45) is 0 Å². The minimum absolute atomic E-state index is 0.604. The van der Waals surface area contributed by atoms with Gasteiger partial charge in [0.15, 0.2) is 6.10 Å². The third kappa shape index (κ3) is 2.21. The smallest absolute Gasteiger partial charge is 0.339 e. The van der Waals surface area contributed by atoms with Crippen molar-refractivity contribution in [1.82, 2.24) is 0 Å². The Kier molecular flexibility index (Phi) is 3.69. The number of hydrogen-bond acceptors (Lipinski definition) is 4. The lowest BCUT2D eigenvalue weighted by atomic mass is 10.4. The Balaban J connectivity index is 3.46. The van der Waals surface area contributed by atoms with Gasteiger partial charge in [-0.15, -0.1) is 0 Å². The first-order valence-electron chi connectivity index (χ1n) is 1.92. The quantitative estimate of drug-likeness (QED) is 0.464. The van der Waals surface area contributed by atoms with Gasteiger partial charge in [-0.25, -0.2) is 4.79 Å². The maximum absolute atomic E-state index is 10.1. The summed E-state index contributed by atoms with van der Waals surface area (Å²) in [4.78, 5) is 10.1. The highest BCUT2D eigenvalue weighted by Crippen LogP contribution is 1.91. The monoisotopic (exact) mass is 138 g/mol. The molecule has 2 atom stereocenters. The van der Waals surface area contributed by atoms with Gasteiger partial charge in [0.2, 0.25) is 0 Å². The second kappa shape index (κ2) is 3.78. The highest BCUT2D eigenvalue weighted by molar-refractivity contribution is 7.10. The van der Waals surface area contributed by atoms with E-state index in [1.807, 2.05) is 0 Å². The highest BCUT2D eigenvalue weighted by atomic mass is 31.0. The summed E-state index contributed by atoms with van der Waals surface area (Å²) in [6.45, 7) is -0.604. The Morgan fingerprint density at radius 1 is 1.88 bits per heavy atom. The number of aliphatic hydroxyl groups excluding tert-OH is 2. The standard InChI is InChI=1S/C3H7O4P/c4-1-2(5)3(6)7-8/h2,4-5H,1,8H2/t2-/m0/s1. The summed E-state index contributed by atoms with van der Waals surface area (Å²) in [5.74, 6) is -0.850. The fraction of sp³-hybridized carbons (Fsp3) is 0.667. The van der Waals surface area contributed by atoms with Crippen LogP contribution in [0.5, 0.6) is 0 Å². The first-order valence-corrected chi connectivity index (χ1v) is 2.39. The van der Waals surface area contributed by atoms with Crippen LogP contribution < -0.4 is 0 Å². The van der Waals surface area contributed by atoms with Crippen molar-refractivity contribution >= 4 is 15.4 Å². The lowest BCUT2D eigenvalue weighted by Crippen LogP contribution is -2.23. The minimum atomic E-state index is -1.41. The molecule has 0 aliphatic rings. The molecule has 0 heterocycles. The van der Waals surface area contributed by atoms with Crippen molar-refractivity contribution in [3.8, 4) is 0 Å². The van der Waals surface area contributed by atoms with Gasteiger partial charge in [0.05, 0.1) is 16.1 Å². The van der Waals surface area contributed by atoms with Crippen LogP contribution >= 0.6 is 9.47 Å². The number of rotatable bonds is 2. The molecule has 4 nitrogen and oxygen atoms in total. The zero-order chi connectivity index (χ0) is 6.57. The largest absolute Gasteiger partial charge is 0.450 e. The summed E-state index contributed by atoms with van der Waals surface area (Å²) in [5, 5.41) is 16.5. The van der Waals surface area contributed by atoms with Crippen molar-refractivity contribution in [2.75, 3.05) is 6.61 Å². The summed E-state index contributed by atoms with van der Waals surface area (Å²) in [6, 6.07) is 0. The van der Waals surface area contributed by atoms with E-state index >= 15 is 0 Å². The maximum Gasteiger partial charge on any atom is 0.339 e. The number of hydrogen-bond donors (Lipinski definition) is 2. The number of carbonyl (C=O) groups is 1. The molecule has 0 fully saturated rings. The van der Waals surface area contributed by atoms with Crippen LogP contribution in [0.25, 0.3) is 0 Å². The second-order valence-corrected chi connectivity index (χ2v) is 1.37. The second-order valence-electron chi connectivity index (χ2n) is 1.14. The molecular formula is C3H7O4P. The Labute approximate surface area is 48.7 Å². The van der Waals surface area contributed by atoms with Crippen LogP contribution in [0.3, 0.4) is 0 Å². The molecule has 0 aliphatic heterocycles. The molecule has 0 amide bonds. The topological polar surface area (TPSA) is 66.8 Å². The normalized spacial score (nSPS) is 12.9. The molecule has 0 saturated heterocycles. The lowest BCUT2D eigenvalue weighted by molar-refractivity contribution is -0.144. The van der Waals surface area contributed by atoms with Crippen LogP contribution in [0.15, 0.2) is 0 Å². The van der Waals surface area contributed by atoms with E-state index in [1.165, 1.54) is 0 Å². The Morgan fingerprint density at radius 2 is 2.38 bits per heavy atom. The minimum Gasteiger partial charge on any atom is -0.450 e. The average molecular weight is 138 g/mol. The van der Waals surface area contributed by atoms with Gasteiger partial charge in [-0.3, -0.25) is 0 Å². The van der Waals surface area contributed by atoms with Crippen molar-refractivity contribution < 1.29 is 19.5 Å². The Bertz CT molecular complexity index is 83.4. The van der Waals surface area contributed by atoms with E-state index in [0.717, 1.165) is 0 Å². The molecule has 0 aromatic rings. The van der Waals surface area contributed by atoms with E-state index in [4.69, 9.17) is 10.2 Å². The van der Waals surface area contributed by atoms with E-state index in [0.29, 0.717) is 0 Å². The molecule has 8 heavy (non-hydrogen) atoms. The zero-order valence-corrected chi connectivity index (χ0v) is 5.23. The van der Waals surface area contributed by atoms with E-state index < -0.39 is 18.7 Å². The highest BCUT2D eigenvalue weighted by Gasteiger charge is 2.12. The molecule has 0 aromatic carbocycles. The van der Waals surface area contributed by atoms with Crippen molar-refractivity contribution in [3.63, 3.8) is 0 Å². The maximum atomic E-state index is 10.1. The van der Waals surface area contributed by atoms with Crippen LogP contribution in [0.4, 0.5) is 0 Å². The molecule has 2 N–H and O–H groups in total. The molecule has 5 heteroatoms. The Hall–Kier alpha value is -0.180. The Morgan fingerprint density at radius 3 is 2.50 bits per heavy atom. The van der Waals surface area contributed by atoms with Gasteiger partial charge in [-0.05, 0) is 0 Å². The number of aliphatic hydroxyl groups is 2. The van der Waals surface area contributed by atoms with Crippen molar-refractivity contribution in [2.45, 2.75) is 6.10 Å². The van der Waals surface area contributed by atoms with Gasteiger partial charge in [-0.1, -0.05) is 0 Å². The zero-order valence-electron chi connectivity index (χ0n) is 4.07. The summed E-state index contributed by atoms with van der Waals surface area (Å²) < 4.78 is 3.97. The SMILES string of the molecule is O=C(OP)[C@@H](O)CO. The summed E-state index contributed by atoms with van der Waals surface area (Å²) in [6.07, 6.45) is -1.41. The molecule has 0 aliphatic carbocycles. The van der Waals surface area contributed by atoms with Crippen LogP contribution in [-0.2, 0) is 9.32 Å². The van der Waals surface area contributed by atoms with Gasteiger partial charge < -0.3 is 14.7 Å². The average Bonchev–Trinajstić information content (AvgIpc) is 1.84. The predicted octanol–water partition coefficient (Wildman–Crippen LogP) is -1.33. The van der Waals surface area contributed by atoms with E-state index in [9.17, 15) is 4.79 Å². The number of carbonyl (C=O) groups excluding carboxylic acids is 1. The molecule has 1 unspecified atom stereocenters. The molecule has 48 valence electrons. The fourth-order valence-electron chi connectivity index (χ4n) is 0.153. The fourth-order valence-corrected chi connectivity index (χ4v) is 0.310. The molecule has 0 bridgehead atoms. The van der Waals surface area contributed by atoms with Crippen LogP contribution in [0.2, 0.25) is 0 Å². The predicted molar refractivity (Wildman–Crippen MR) is 28.9 cm³/mol. The molecule has 0 aromatic heterocycles. The first kappa shape index (κ1) is 7.82. The van der Waals surface area contributed by atoms with E-state index in [2.05, 4.69) is 4.52 Å². The van der Waals surface area contributed by atoms with Crippen molar-refractivity contribution in [3.05, 3.63) is 0 Å².